The Hall–Kier alpha value is -3.27. The van der Waals surface area contributed by atoms with Gasteiger partial charge >= 0.3 is 0 Å². The molecular weight excluding hydrogens is 336 g/mol. The number of ether oxygens (including phenoxy) is 1. The number of aromatic amines is 1. The number of amides is 1. The van der Waals surface area contributed by atoms with Crippen LogP contribution in [0.15, 0.2) is 72.8 Å². The normalized spacial score (nSPS) is 12.2. The number of carbonyl (C=O) groups excluding carboxylic acids is 1. The van der Waals surface area contributed by atoms with Crippen LogP contribution >= 0.6 is 0 Å². The highest BCUT2D eigenvalue weighted by Gasteiger charge is 2.19. The van der Waals surface area contributed by atoms with Gasteiger partial charge in [0.1, 0.15) is 5.75 Å². The van der Waals surface area contributed by atoms with E-state index in [-0.39, 0.29) is 5.91 Å². The zero-order valence-electron chi connectivity index (χ0n) is 15.5. The van der Waals surface area contributed by atoms with E-state index in [2.05, 4.69) is 17.1 Å². The lowest BCUT2D eigenvalue weighted by molar-refractivity contribution is -0.137. The number of nitrogens with zero attached hydrogens (tertiary/aromatic N) is 1. The van der Waals surface area contributed by atoms with E-state index in [1.165, 1.54) is 5.39 Å². The largest absolute Gasteiger partial charge is 0.481 e. The maximum Gasteiger partial charge on any atom is 0.263 e. The standard InChI is InChI=1S/C23H22N2O2/c1-16(23(26)25(2)15-17-8-4-3-5-9-17)27-18-12-13-20-19-10-6-7-11-21(19)24-22(20)14-18/h3-14,16,24H,15H2,1-2H3/t16-/m0/s1. The Morgan fingerprint density at radius 3 is 2.48 bits per heavy atom. The number of rotatable bonds is 5. The predicted octanol–water partition coefficient (Wildman–Crippen LogP) is 4.75. The average molecular weight is 358 g/mol. The molecule has 1 amide bonds. The summed E-state index contributed by atoms with van der Waals surface area (Å²) in [5, 5.41) is 2.34. The van der Waals surface area contributed by atoms with Crippen molar-refractivity contribution in [2.75, 3.05) is 7.05 Å². The summed E-state index contributed by atoms with van der Waals surface area (Å²) in [6.07, 6.45) is -0.555. The smallest absolute Gasteiger partial charge is 0.263 e. The Morgan fingerprint density at radius 1 is 0.963 bits per heavy atom. The number of nitrogens with one attached hydrogen (secondary N) is 1. The molecule has 1 aromatic heterocycles. The number of carbonyl (C=O) groups is 1. The third kappa shape index (κ3) is 3.51. The summed E-state index contributed by atoms with van der Waals surface area (Å²) >= 11 is 0. The summed E-state index contributed by atoms with van der Waals surface area (Å²) in [7, 11) is 1.80. The van der Waals surface area contributed by atoms with E-state index in [0.29, 0.717) is 12.3 Å². The Bertz CT molecular complexity index is 1090. The minimum absolute atomic E-state index is 0.0457. The van der Waals surface area contributed by atoms with Crippen molar-refractivity contribution < 1.29 is 9.53 Å². The maximum atomic E-state index is 12.6. The third-order valence-corrected chi connectivity index (χ3v) is 4.78. The number of hydrogen-bond donors (Lipinski definition) is 1. The van der Waals surface area contributed by atoms with E-state index in [1.807, 2.05) is 60.7 Å². The molecule has 4 nitrogen and oxygen atoms in total. The molecule has 0 saturated heterocycles. The molecule has 1 N–H and O–H groups in total. The summed E-state index contributed by atoms with van der Waals surface area (Å²) in [6.45, 7) is 2.35. The van der Waals surface area contributed by atoms with E-state index in [4.69, 9.17) is 4.74 Å². The molecular formula is C23H22N2O2. The maximum absolute atomic E-state index is 12.6. The first-order valence-corrected chi connectivity index (χ1v) is 9.08. The molecule has 0 spiro atoms. The molecule has 0 fully saturated rings. The Labute approximate surface area is 158 Å². The van der Waals surface area contributed by atoms with E-state index < -0.39 is 6.10 Å². The van der Waals surface area contributed by atoms with Gasteiger partial charge in [-0.1, -0.05) is 48.5 Å². The fourth-order valence-corrected chi connectivity index (χ4v) is 3.41. The third-order valence-electron chi connectivity index (χ3n) is 4.78. The van der Waals surface area contributed by atoms with Gasteiger partial charge < -0.3 is 14.6 Å². The number of H-pyrrole nitrogens is 1. The number of likely N-dealkylation sites (N-methyl/N-ethyl adjacent to an activating group) is 1. The fourth-order valence-electron chi connectivity index (χ4n) is 3.41. The summed E-state index contributed by atoms with van der Waals surface area (Å²) in [4.78, 5) is 17.7. The molecule has 4 aromatic rings. The van der Waals surface area contributed by atoms with Crippen molar-refractivity contribution in [3.05, 3.63) is 78.4 Å². The van der Waals surface area contributed by atoms with Crippen LogP contribution < -0.4 is 4.74 Å². The van der Waals surface area contributed by atoms with Crippen LogP contribution in [0.4, 0.5) is 0 Å². The van der Waals surface area contributed by atoms with E-state index in [0.717, 1.165) is 22.0 Å². The lowest BCUT2D eigenvalue weighted by Crippen LogP contribution is -2.37. The van der Waals surface area contributed by atoms with Gasteiger partial charge in [0.15, 0.2) is 6.10 Å². The molecule has 0 radical (unpaired) electrons. The first-order valence-electron chi connectivity index (χ1n) is 9.08. The van der Waals surface area contributed by atoms with Crippen LogP contribution in [0.5, 0.6) is 5.75 Å². The van der Waals surface area contributed by atoms with Gasteiger partial charge in [-0.3, -0.25) is 4.79 Å². The summed E-state index contributed by atoms with van der Waals surface area (Å²) < 4.78 is 5.93. The van der Waals surface area contributed by atoms with Crippen molar-refractivity contribution in [2.45, 2.75) is 19.6 Å². The van der Waals surface area contributed by atoms with Crippen LogP contribution in [0, 0.1) is 0 Å². The van der Waals surface area contributed by atoms with Crippen LogP contribution in [0.25, 0.3) is 21.8 Å². The van der Waals surface area contributed by atoms with Crippen molar-refractivity contribution in [1.29, 1.82) is 0 Å². The quantitative estimate of drug-likeness (QED) is 0.560. The molecule has 4 rings (SSSR count). The SMILES string of the molecule is C[C@H](Oc1ccc2c(c1)[nH]c1ccccc12)C(=O)N(C)Cc1ccccc1. The minimum atomic E-state index is -0.555. The zero-order valence-corrected chi connectivity index (χ0v) is 15.5. The molecule has 0 unspecified atom stereocenters. The van der Waals surface area contributed by atoms with Gasteiger partial charge in [0, 0.05) is 35.9 Å². The molecule has 0 aliphatic rings. The molecule has 1 atom stereocenters. The number of aromatic nitrogens is 1. The van der Waals surface area contributed by atoms with Gasteiger partial charge in [-0.25, -0.2) is 0 Å². The topological polar surface area (TPSA) is 45.3 Å². The number of para-hydroxylation sites is 1. The highest BCUT2D eigenvalue weighted by Crippen LogP contribution is 2.28. The Balaban J connectivity index is 1.49. The van der Waals surface area contributed by atoms with Crippen LogP contribution in [0.3, 0.4) is 0 Å². The van der Waals surface area contributed by atoms with Crippen molar-refractivity contribution in [3.8, 4) is 5.75 Å². The second-order valence-electron chi connectivity index (χ2n) is 6.82. The number of fused-ring (bicyclic) bond motifs is 3. The van der Waals surface area contributed by atoms with Crippen LogP contribution in [-0.2, 0) is 11.3 Å². The summed E-state index contributed by atoms with van der Waals surface area (Å²) in [6, 6.07) is 24.1. The van der Waals surface area contributed by atoms with Crippen molar-refractivity contribution in [3.63, 3.8) is 0 Å². The fraction of sp³-hybridized carbons (Fsp3) is 0.174. The molecule has 27 heavy (non-hydrogen) atoms. The zero-order chi connectivity index (χ0) is 18.8. The second-order valence-corrected chi connectivity index (χ2v) is 6.82. The van der Waals surface area contributed by atoms with E-state index in [1.54, 1.807) is 18.9 Å². The van der Waals surface area contributed by atoms with Crippen LogP contribution in [0.2, 0.25) is 0 Å². The summed E-state index contributed by atoms with van der Waals surface area (Å²) in [5.74, 6) is 0.638. The van der Waals surface area contributed by atoms with Crippen LogP contribution in [-0.4, -0.2) is 28.9 Å². The van der Waals surface area contributed by atoms with Gasteiger partial charge in [-0.2, -0.15) is 0 Å². The molecule has 0 bridgehead atoms. The highest BCUT2D eigenvalue weighted by molar-refractivity contribution is 6.07. The van der Waals surface area contributed by atoms with E-state index >= 15 is 0 Å². The lowest BCUT2D eigenvalue weighted by atomic mass is 10.1. The number of benzene rings is 3. The molecule has 0 saturated carbocycles. The first kappa shape index (κ1) is 17.2. The first-order chi connectivity index (χ1) is 13.1. The van der Waals surface area contributed by atoms with Gasteiger partial charge in [-0.15, -0.1) is 0 Å². The van der Waals surface area contributed by atoms with Crippen LogP contribution in [0.1, 0.15) is 12.5 Å². The molecule has 136 valence electrons. The molecule has 0 aliphatic carbocycles. The summed E-state index contributed by atoms with van der Waals surface area (Å²) in [5.41, 5.74) is 3.20. The lowest BCUT2D eigenvalue weighted by Gasteiger charge is -2.22. The van der Waals surface area contributed by atoms with Gasteiger partial charge in [0.2, 0.25) is 0 Å². The highest BCUT2D eigenvalue weighted by atomic mass is 16.5. The van der Waals surface area contributed by atoms with Crippen molar-refractivity contribution >= 4 is 27.7 Å². The molecule has 4 heteroatoms. The predicted molar refractivity (Wildman–Crippen MR) is 109 cm³/mol. The van der Waals surface area contributed by atoms with E-state index in [9.17, 15) is 4.79 Å². The average Bonchev–Trinajstić information content (AvgIpc) is 3.05. The van der Waals surface area contributed by atoms with Gasteiger partial charge in [0.05, 0.1) is 5.52 Å². The Morgan fingerprint density at radius 2 is 1.67 bits per heavy atom. The van der Waals surface area contributed by atoms with Gasteiger partial charge in [0.25, 0.3) is 5.91 Å². The Kier molecular flexibility index (Phi) is 4.55. The molecule has 3 aromatic carbocycles. The molecule has 1 heterocycles. The van der Waals surface area contributed by atoms with Gasteiger partial charge in [-0.05, 0) is 30.7 Å². The minimum Gasteiger partial charge on any atom is -0.481 e. The second kappa shape index (κ2) is 7.16. The molecule has 0 aliphatic heterocycles. The van der Waals surface area contributed by atoms with Crippen molar-refractivity contribution in [1.82, 2.24) is 9.88 Å². The number of hydrogen-bond acceptors (Lipinski definition) is 2. The monoisotopic (exact) mass is 358 g/mol. The van der Waals surface area contributed by atoms with Crippen molar-refractivity contribution in [2.24, 2.45) is 0 Å².